The van der Waals surface area contributed by atoms with E-state index in [-0.39, 0.29) is 5.97 Å². The van der Waals surface area contributed by atoms with Crippen LogP contribution in [0.3, 0.4) is 0 Å². The number of nitrogens with two attached hydrogens (primary N) is 1. The van der Waals surface area contributed by atoms with Crippen LogP contribution in [0.4, 0.5) is 5.69 Å². The number of carbonyl (C=O) groups excluding carboxylic acids is 1. The zero-order chi connectivity index (χ0) is 19.5. The van der Waals surface area contributed by atoms with E-state index in [1.165, 1.54) is 54.4 Å². The summed E-state index contributed by atoms with van der Waals surface area (Å²) in [4.78, 5) is 20.5. The molecule has 0 aromatic heterocycles. The van der Waals surface area contributed by atoms with Crippen molar-refractivity contribution in [3.8, 4) is 0 Å². The van der Waals surface area contributed by atoms with E-state index in [1.807, 2.05) is 0 Å². The second-order valence-corrected chi connectivity index (χ2v) is 8.56. The fraction of sp³-hybridized carbons (Fsp3) is 0.667. The van der Waals surface area contributed by atoms with Gasteiger partial charge in [0.25, 0.3) is 0 Å². The Morgan fingerprint density at radius 2 is 1.78 bits per heavy atom. The zero-order valence-electron chi connectivity index (χ0n) is 16.9. The summed E-state index contributed by atoms with van der Waals surface area (Å²) in [5.74, 6) is 7.12. The van der Waals surface area contributed by atoms with Crippen LogP contribution in [-0.2, 0) is 9.63 Å². The highest BCUT2D eigenvalue weighted by molar-refractivity contribution is 7.99. The van der Waals surface area contributed by atoms with Crippen molar-refractivity contribution in [1.29, 1.82) is 0 Å². The number of thioether (sulfide) groups is 1. The third-order valence-corrected chi connectivity index (χ3v) is 6.14. The number of nitrogens with zero attached hydrogens (tertiary/aromatic N) is 2. The molecule has 0 amide bonds. The predicted molar refractivity (Wildman–Crippen MR) is 115 cm³/mol. The molecule has 6 heteroatoms. The van der Waals surface area contributed by atoms with Crippen molar-refractivity contribution < 1.29 is 9.63 Å². The van der Waals surface area contributed by atoms with E-state index in [0.717, 1.165) is 32.4 Å². The molecule has 0 saturated carbocycles. The number of hydrogen-bond donors (Lipinski definition) is 1. The first-order chi connectivity index (χ1) is 13.1. The van der Waals surface area contributed by atoms with Crippen LogP contribution in [0, 0.1) is 13.8 Å². The molecule has 0 aliphatic carbocycles. The second-order valence-electron chi connectivity index (χ2n) is 7.34. The van der Waals surface area contributed by atoms with Gasteiger partial charge in [0.2, 0.25) is 0 Å². The number of anilines is 1. The first kappa shape index (κ1) is 22.1. The summed E-state index contributed by atoms with van der Waals surface area (Å²) in [6, 6.07) is 6.54. The zero-order valence-corrected chi connectivity index (χ0v) is 17.7. The Balaban J connectivity index is 1.87. The molecule has 0 radical (unpaired) electrons. The Bertz CT molecular complexity index is 556. The third-order valence-electron chi connectivity index (χ3n) is 5.20. The number of rotatable bonds is 11. The number of unbranched alkanes of at least 4 members (excludes halogenated alkanes) is 2. The molecule has 152 valence electrons. The molecule has 0 atom stereocenters. The molecule has 0 spiro atoms. The third kappa shape index (κ3) is 7.72. The van der Waals surface area contributed by atoms with E-state index in [2.05, 4.69) is 58.4 Å². The van der Waals surface area contributed by atoms with E-state index in [1.54, 1.807) is 0 Å². The molecule has 1 aliphatic rings. The van der Waals surface area contributed by atoms with Crippen LogP contribution in [0.5, 0.6) is 0 Å². The van der Waals surface area contributed by atoms with Crippen molar-refractivity contribution >= 4 is 23.4 Å². The second kappa shape index (κ2) is 12.3. The summed E-state index contributed by atoms with van der Waals surface area (Å²) in [5.41, 5.74) is 4.07. The van der Waals surface area contributed by atoms with Gasteiger partial charge in [0.15, 0.2) is 0 Å². The first-order valence-electron chi connectivity index (χ1n) is 10.1. The maximum atomic E-state index is 11.1. The summed E-state index contributed by atoms with van der Waals surface area (Å²) in [6.07, 6.45) is 4.53. The van der Waals surface area contributed by atoms with Crippen LogP contribution < -0.4 is 10.8 Å². The predicted octanol–water partition coefficient (Wildman–Crippen LogP) is 3.53. The van der Waals surface area contributed by atoms with Crippen molar-refractivity contribution in [2.45, 2.75) is 46.0 Å². The average Bonchev–Trinajstić information content (AvgIpc) is 2.67. The van der Waals surface area contributed by atoms with Gasteiger partial charge in [-0.2, -0.15) is 17.7 Å². The van der Waals surface area contributed by atoms with Crippen LogP contribution in [0.1, 0.15) is 43.2 Å². The highest BCUT2D eigenvalue weighted by atomic mass is 32.2. The van der Waals surface area contributed by atoms with Gasteiger partial charge in [-0.15, -0.1) is 0 Å². The standard InChI is InChI=1S/C21H35N3O2S/c1-18-8-6-9-19(2)21(18)24(12-5-3-4-10-20(25)26-22)13-7-11-23-14-16-27-17-15-23/h6,8-9H,3-5,7,10-17,22H2,1-2H3. The van der Waals surface area contributed by atoms with Crippen LogP contribution in [0.15, 0.2) is 18.2 Å². The minimum atomic E-state index is -0.318. The van der Waals surface area contributed by atoms with Gasteiger partial charge >= 0.3 is 5.97 Å². The van der Waals surface area contributed by atoms with E-state index < -0.39 is 0 Å². The van der Waals surface area contributed by atoms with Crippen molar-refractivity contribution in [2.75, 3.05) is 49.1 Å². The fourth-order valence-electron chi connectivity index (χ4n) is 3.76. The van der Waals surface area contributed by atoms with Gasteiger partial charge in [-0.05, 0) is 50.8 Å². The van der Waals surface area contributed by atoms with Crippen molar-refractivity contribution in [1.82, 2.24) is 4.90 Å². The van der Waals surface area contributed by atoms with Crippen molar-refractivity contribution in [3.63, 3.8) is 0 Å². The van der Waals surface area contributed by atoms with Crippen LogP contribution in [-0.4, -0.2) is 55.1 Å². The Morgan fingerprint density at radius 1 is 1.11 bits per heavy atom. The molecule has 1 aromatic rings. The number of benzene rings is 1. The first-order valence-corrected chi connectivity index (χ1v) is 11.3. The molecule has 1 saturated heterocycles. The smallest absolute Gasteiger partial charge is 0.324 e. The maximum Gasteiger partial charge on any atom is 0.324 e. The molecule has 5 nitrogen and oxygen atoms in total. The Morgan fingerprint density at radius 3 is 2.44 bits per heavy atom. The van der Waals surface area contributed by atoms with Crippen LogP contribution >= 0.6 is 11.8 Å². The normalized spacial score (nSPS) is 14.9. The monoisotopic (exact) mass is 393 g/mol. The summed E-state index contributed by atoms with van der Waals surface area (Å²) < 4.78 is 0. The number of para-hydroxylation sites is 1. The molecule has 27 heavy (non-hydrogen) atoms. The fourth-order valence-corrected chi connectivity index (χ4v) is 4.74. The maximum absolute atomic E-state index is 11.1. The van der Waals surface area contributed by atoms with Gasteiger partial charge in [0.1, 0.15) is 0 Å². The van der Waals surface area contributed by atoms with Gasteiger partial charge in [0.05, 0.1) is 0 Å². The summed E-state index contributed by atoms with van der Waals surface area (Å²) in [7, 11) is 0. The minimum Gasteiger partial charge on any atom is -0.373 e. The Hall–Kier alpha value is -1.24. The molecular weight excluding hydrogens is 358 g/mol. The van der Waals surface area contributed by atoms with Crippen molar-refractivity contribution in [3.05, 3.63) is 29.3 Å². The van der Waals surface area contributed by atoms with Gasteiger partial charge in [0, 0.05) is 49.8 Å². The number of carbonyl (C=O) groups is 1. The molecule has 2 N–H and O–H groups in total. The number of aryl methyl sites for hydroxylation is 2. The lowest BCUT2D eigenvalue weighted by molar-refractivity contribution is -0.144. The lowest BCUT2D eigenvalue weighted by atomic mass is 10.1. The quantitative estimate of drug-likeness (QED) is 0.458. The average molecular weight is 394 g/mol. The molecule has 1 heterocycles. The Kier molecular flexibility index (Phi) is 10.0. The molecule has 1 fully saturated rings. The molecule has 1 aliphatic heterocycles. The highest BCUT2D eigenvalue weighted by Gasteiger charge is 2.14. The summed E-state index contributed by atoms with van der Waals surface area (Å²) >= 11 is 2.07. The minimum absolute atomic E-state index is 0.318. The summed E-state index contributed by atoms with van der Waals surface area (Å²) in [5, 5.41) is 0. The summed E-state index contributed by atoms with van der Waals surface area (Å²) in [6.45, 7) is 10.2. The van der Waals surface area contributed by atoms with Gasteiger partial charge in [-0.3, -0.25) is 4.79 Å². The lowest BCUT2D eigenvalue weighted by Gasteiger charge is -2.31. The van der Waals surface area contributed by atoms with Gasteiger partial charge in [-0.1, -0.05) is 24.6 Å². The van der Waals surface area contributed by atoms with Crippen LogP contribution in [0.25, 0.3) is 0 Å². The van der Waals surface area contributed by atoms with Gasteiger partial charge in [-0.25, -0.2) is 0 Å². The lowest BCUT2D eigenvalue weighted by Crippen LogP contribution is -2.36. The van der Waals surface area contributed by atoms with Crippen LogP contribution in [0.2, 0.25) is 0 Å². The van der Waals surface area contributed by atoms with E-state index in [9.17, 15) is 4.79 Å². The molecule has 2 rings (SSSR count). The van der Waals surface area contributed by atoms with Gasteiger partial charge < -0.3 is 14.6 Å². The topological polar surface area (TPSA) is 58.8 Å². The van der Waals surface area contributed by atoms with E-state index in [0.29, 0.717) is 6.42 Å². The Labute approximate surface area is 168 Å². The SMILES string of the molecule is Cc1cccc(C)c1N(CCCCCC(=O)ON)CCCN1CCSCC1. The largest absolute Gasteiger partial charge is 0.373 e. The molecule has 0 unspecified atom stereocenters. The molecule has 0 bridgehead atoms. The van der Waals surface area contributed by atoms with E-state index in [4.69, 9.17) is 5.90 Å². The van der Waals surface area contributed by atoms with Crippen molar-refractivity contribution in [2.24, 2.45) is 5.90 Å². The molecular formula is C21H35N3O2S. The van der Waals surface area contributed by atoms with E-state index >= 15 is 0 Å². The highest BCUT2D eigenvalue weighted by Crippen LogP contribution is 2.25. The number of hydrogen-bond acceptors (Lipinski definition) is 6. The molecule has 1 aromatic carbocycles.